The molecule has 1 atom stereocenters. The molecule has 3 rings (SSSR count). The first-order valence-corrected chi connectivity index (χ1v) is 8.27. The third-order valence-corrected chi connectivity index (χ3v) is 5.24. The fourth-order valence-corrected chi connectivity index (χ4v) is 4.11. The van der Waals surface area contributed by atoms with Gasteiger partial charge in [0.2, 0.25) is 0 Å². The van der Waals surface area contributed by atoms with E-state index in [9.17, 15) is 9.59 Å². The Hall–Kier alpha value is -1.47. The minimum absolute atomic E-state index is 0.00640. The lowest BCUT2D eigenvalue weighted by Gasteiger charge is -2.32. The van der Waals surface area contributed by atoms with Gasteiger partial charge in [-0.15, -0.1) is 0 Å². The summed E-state index contributed by atoms with van der Waals surface area (Å²) < 4.78 is 5.48. The van der Waals surface area contributed by atoms with Gasteiger partial charge in [-0.3, -0.25) is 9.59 Å². The van der Waals surface area contributed by atoms with E-state index in [1.165, 1.54) is 11.3 Å². The number of morpholine rings is 1. The number of rotatable bonds is 3. The van der Waals surface area contributed by atoms with E-state index in [2.05, 4.69) is 18.8 Å². The van der Waals surface area contributed by atoms with Crippen LogP contribution in [-0.2, 0) is 16.0 Å². The number of ether oxygens (including phenoxy) is 1. The predicted molar refractivity (Wildman–Crippen MR) is 82.8 cm³/mol. The Morgan fingerprint density at radius 1 is 1.50 bits per heavy atom. The molecule has 0 bridgehead atoms. The summed E-state index contributed by atoms with van der Waals surface area (Å²) in [6, 6.07) is 0. The molecular weight excluding hydrogens is 304 g/mol. The molecule has 1 aliphatic carbocycles. The number of nitrogens with zero attached hydrogens (tertiary/aromatic N) is 2. The van der Waals surface area contributed by atoms with Crippen LogP contribution in [0.5, 0.6) is 0 Å². The van der Waals surface area contributed by atoms with Crippen molar-refractivity contribution in [3.63, 3.8) is 0 Å². The minimum Gasteiger partial charge on any atom is -0.481 e. The number of carbonyl (C=O) groups excluding carboxylic acids is 1. The SMILES string of the molecule is CC1(C)CC(=O)c2sc(N3CCOC(CC(=O)O)C3)nc2C1. The van der Waals surface area contributed by atoms with E-state index in [1.807, 2.05) is 4.90 Å². The number of Topliss-reactive ketones (excluding diaryl/α,β-unsaturated/α-hetero) is 1. The first-order valence-electron chi connectivity index (χ1n) is 7.45. The maximum atomic E-state index is 12.3. The average molecular weight is 324 g/mol. The molecule has 1 aromatic rings. The van der Waals surface area contributed by atoms with Crippen LogP contribution in [0.2, 0.25) is 0 Å². The molecule has 6 nitrogen and oxygen atoms in total. The second-order valence-electron chi connectivity index (χ2n) is 6.75. The summed E-state index contributed by atoms with van der Waals surface area (Å²) in [6.07, 6.45) is 1.05. The lowest BCUT2D eigenvalue weighted by atomic mass is 9.78. The minimum atomic E-state index is -0.859. The molecule has 1 fully saturated rings. The summed E-state index contributed by atoms with van der Waals surface area (Å²) >= 11 is 1.43. The van der Waals surface area contributed by atoms with Crippen molar-refractivity contribution in [3.05, 3.63) is 10.6 Å². The molecule has 0 amide bonds. The van der Waals surface area contributed by atoms with E-state index in [1.54, 1.807) is 0 Å². The van der Waals surface area contributed by atoms with Crippen LogP contribution >= 0.6 is 11.3 Å². The van der Waals surface area contributed by atoms with E-state index in [-0.39, 0.29) is 23.7 Å². The highest BCUT2D eigenvalue weighted by molar-refractivity contribution is 7.17. The first kappa shape index (κ1) is 15.4. The van der Waals surface area contributed by atoms with Crippen LogP contribution in [0.4, 0.5) is 5.13 Å². The number of anilines is 1. The number of fused-ring (bicyclic) bond motifs is 1. The standard InChI is InChI=1S/C15H20N2O4S/c1-15(2)6-10-13(11(18)7-15)22-14(16-10)17-3-4-21-9(8-17)5-12(19)20/h9H,3-8H2,1-2H3,(H,19,20). The van der Waals surface area contributed by atoms with E-state index >= 15 is 0 Å². The molecule has 1 aliphatic heterocycles. The molecule has 1 N–H and O–H groups in total. The highest BCUT2D eigenvalue weighted by atomic mass is 32.1. The fraction of sp³-hybridized carbons (Fsp3) is 0.667. The molecule has 7 heteroatoms. The van der Waals surface area contributed by atoms with Crippen LogP contribution < -0.4 is 4.90 Å². The molecule has 0 aromatic carbocycles. The number of hydrogen-bond acceptors (Lipinski definition) is 6. The zero-order valence-electron chi connectivity index (χ0n) is 12.8. The molecule has 22 heavy (non-hydrogen) atoms. The molecule has 0 saturated carbocycles. The van der Waals surface area contributed by atoms with Crippen LogP contribution in [0.1, 0.15) is 42.1 Å². The van der Waals surface area contributed by atoms with Gasteiger partial charge in [0.25, 0.3) is 0 Å². The van der Waals surface area contributed by atoms with Crippen LogP contribution in [0, 0.1) is 5.41 Å². The highest BCUT2D eigenvalue weighted by Crippen LogP contribution is 2.39. The van der Waals surface area contributed by atoms with Crippen molar-refractivity contribution >= 4 is 28.2 Å². The Morgan fingerprint density at radius 3 is 3.00 bits per heavy atom. The largest absolute Gasteiger partial charge is 0.481 e. The maximum absolute atomic E-state index is 12.3. The lowest BCUT2D eigenvalue weighted by molar-refractivity contribution is -0.140. The number of carbonyl (C=O) groups is 2. The van der Waals surface area contributed by atoms with Crippen molar-refractivity contribution < 1.29 is 19.4 Å². The van der Waals surface area contributed by atoms with Gasteiger partial charge in [0.1, 0.15) is 0 Å². The molecule has 1 aromatic heterocycles. The van der Waals surface area contributed by atoms with Gasteiger partial charge < -0.3 is 14.7 Å². The quantitative estimate of drug-likeness (QED) is 0.916. The summed E-state index contributed by atoms with van der Waals surface area (Å²) in [5.74, 6) is -0.687. The molecule has 2 heterocycles. The van der Waals surface area contributed by atoms with Crippen molar-refractivity contribution in [1.29, 1.82) is 0 Å². The summed E-state index contributed by atoms with van der Waals surface area (Å²) in [5, 5.41) is 9.71. The number of ketones is 1. The van der Waals surface area contributed by atoms with Gasteiger partial charge >= 0.3 is 5.97 Å². The molecule has 120 valence electrons. The summed E-state index contributed by atoms with van der Waals surface area (Å²) in [6.45, 7) is 5.85. The Bertz CT molecular complexity index is 611. The van der Waals surface area contributed by atoms with Crippen molar-refractivity contribution in [2.75, 3.05) is 24.6 Å². The normalized spacial score (nSPS) is 24.2. The van der Waals surface area contributed by atoms with Gasteiger partial charge in [-0.2, -0.15) is 0 Å². The summed E-state index contributed by atoms with van der Waals surface area (Å²) in [5.41, 5.74) is 0.856. The summed E-state index contributed by atoms with van der Waals surface area (Å²) in [7, 11) is 0. The van der Waals surface area contributed by atoms with Crippen molar-refractivity contribution in [2.45, 2.75) is 39.2 Å². The van der Waals surface area contributed by atoms with Gasteiger partial charge in [0.05, 0.1) is 29.7 Å². The van der Waals surface area contributed by atoms with E-state index < -0.39 is 5.97 Å². The Labute approximate surface area is 133 Å². The van der Waals surface area contributed by atoms with Crippen LogP contribution in [0.25, 0.3) is 0 Å². The van der Waals surface area contributed by atoms with Gasteiger partial charge in [-0.25, -0.2) is 4.98 Å². The van der Waals surface area contributed by atoms with Crippen LogP contribution in [-0.4, -0.2) is 47.6 Å². The third kappa shape index (κ3) is 3.15. The number of carboxylic acid groups (broad SMARTS) is 1. The number of thiazole rings is 1. The van der Waals surface area contributed by atoms with Gasteiger partial charge in [0.15, 0.2) is 10.9 Å². The Balaban J connectivity index is 1.79. The smallest absolute Gasteiger partial charge is 0.306 e. The monoisotopic (exact) mass is 324 g/mol. The van der Waals surface area contributed by atoms with E-state index in [4.69, 9.17) is 9.84 Å². The number of carboxylic acids is 1. The number of aromatic nitrogens is 1. The molecular formula is C15H20N2O4S. The highest BCUT2D eigenvalue weighted by Gasteiger charge is 2.35. The lowest BCUT2D eigenvalue weighted by Crippen LogP contribution is -2.43. The zero-order chi connectivity index (χ0) is 15.9. The van der Waals surface area contributed by atoms with Crippen LogP contribution in [0.3, 0.4) is 0 Å². The van der Waals surface area contributed by atoms with Crippen LogP contribution in [0.15, 0.2) is 0 Å². The third-order valence-electron chi connectivity index (χ3n) is 4.04. The van der Waals surface area contributed by atoms with Gasteiger partial charge in [-0.05, 0) is 11.8 Å². The van der Waals surface area contributed by atoms with Crippen molar-refractivity contribution in [2.24, 2.45) is 5.41 Å². The predicted octanol–water partition coefficient (Wildman–Crippen LogP) is 1.98. The van der Waals surface area contributed by atoms with Crippen molar-refractivity contribution in [3.8, 4) is 0 Å². The van der Waals surface area contributed by atoms with E-state index in [0.29, 0.717) is 26.1 Å². The number of aliphatic carboxylic acids is 1. The zero-order valence-corrected chi connectivity index (χ0v) is 13.6. The molecule has 2 aliphatic rings. The second-order valence-corrected chi connectivity index (χ2v) is 7.73. The average Bonchev–Trinajstić information content (AvgIpc) is 2.81. The second kappa shape index (κ2) is 5.62. The van der Waals surface area contributed by atoms with Gasteiger partial charge in [-0.1, -0.05) is 25.2 Å². The molecule has 0 radical (unpaired) electrons. The maximum Gasteiger partial charge on any atom is 0.306 e. The Kier molecular flexibility index (Phi) is 3.94. The fourth-order valence-electron chi connectivity index (χ4n) is 3.05. The molecule has 1 unspecified atom stereocenters. The summed E-state index contributed by atoms with van der Waals surface area (Å²) in [4.78, 5) is 30.6. The Morgan fingerprint density at radius 2 is 2.27 bits per heavy atom. The first-order chi connectivity index (χ1) is 10.3. The van der Waals surface area contributed by atoms with E-state index in [0.717, 1.165) is 22.1 Å². The molecule has 1 saturated heterocycles. The molecule has 0 spiro atoms. The van der Waals surface area contributed by atoms with Crippen molar-refractivity contribution in [1.82, 2.24) is 4.98 Å². The van der Waals surface area contributed by atoms with Gasteiger partial charge in [0, 0.05) is 19.5 Å². The topological polar surface area (TPSA) is 79.7 Å². The number of hydrogen-bond donors (Lipinski definition) is 1.